The Morgan fingerprint density at radius 3 is 2.89 bits per heavy atom. The molecule has 8 nitrogen and oxygen atoms in total. The second kappa shape index (κ2) is 10.3. The predicted molar refractivity (Wildman–Crippen MR) is 116 cm³/mol. The number of likely N-dealkylation sites (tertiary alicyclic amines) is 1. The maximum atomic E-state index is 11.9. The summed E-state index contributed by atoms with van der Waals surface area (Å²) in [6.45, 7) is 3.55. The van der Waals surface area contributed by atoms with E-state index in [0.717, 1.165) is 51.5 Å². The average molecular weight is 490 g/mol. The number of nitrogens with zero attached hydrogens (tertiary/aromatic N) is 5. The van der Waals surface area contributed by atoms with Gasteiger partial charge in [-0.3, -0.25) is 9.48 Å². The van der Waals surface area contributed by atoms with E-state index in [0.29, 0.717) is 5.92 Å². The Bertz CT molecular complexity index is 642. The van der Waals surface area contributed by atoms with Crippen molar-refractivity contribution in [2.45, 2.75) is 31.3 Å². The molecule has 2 aliphatic heterocycles. The van der Waals surface area contributed by atoms with Crippen molar-refractivity contribution in [3.05, 3.63) is 18.0 Å². The molecule has 27 heavy (non-hydrogen) atoms. The summed E-state index contributed by atoms with van der Waals surface area (Å²) in [6.07, 6.45) is 7.52. The Labute approximate surface area is 178 Å². The number of nitrogens with one attached hydrogen (secondary N) is 1. The molecule has 0 spiro atoms. The van der Waals surface area contributed by atoms with E-state index in [4.69, 9.17) is 4.74 Å². The molecule has 0 bridgehead atoms. The van der Waals surface area contributed by atoms with Crippen molar-refractivity contribution in [2.75, 3.05) is 46.9 Å². The van der Waals surface area contributed by atoms with Crippen LogP contribution in [0.2, 0.25) is 0 Å². The lowest BCUT2D eigenvalue weighted by atomic mass is 10.0. The first-order valence-corrected chi connectivity index (χ1v) is 9.36. The number of ether oxygens (including phenoxy) is 1. The molecule has 2 atom stereocenters. The van der Waals surface area contributed by atoms with Gasteiger partial charge in [0.15, 0.2) is 5.96 Å². The summed E-state index contributed by atoms with van der Waals surface area (Å²) in [5.41, 5.74) is 1.26. The molecule has 2 unspecified atom stereocenters. The number of carbonyl (C=O) groups excluding carboxylic acids is 1. The molecule has 0 aromatic carbocycles. The summed E-state index contributed by atoms with van der Waals surface area (Å²) < 4.78 is 7.55. The largest absolute Gasteiger partial charge is 0.376 e. The van der Waals surface area contributed by atoms with Crippen molar-refractivity contribution in [1.82, 2.24) is 24.9 Å². The fourth-order valence-corrected chi connectivity index (χ4v) is 3.44. The summed E-state index contributed by atoms with van der Waals surface area (Å²) in [4.78, 5) is 20.4. The van der Waals surface area contributed by atoms with Crippen LogP contribution in [0.1, 0.15) is 30.7 Å². The summed E-state index contributed by atoms with van der Waals surface area (Å²) in [5.74, 6) is 1.26. The standard InChI is InChI=1S/C18H30N6O2.HI/c1-22(2)17(25)11-20-18(19-10-16-5-4-8-26-16)24-7-6-14(13-24)15-9-21-23(3)12-15;/h9,12,14,16H,4-8,10-11,13H2,1-3H3,(H,19,20);1H. The van der Waals surface area contributed by atoms with Crippen molar-refractivity contribution < 1.29 is 9.53 Å². The van der Waals surface area contributed by atoms with Crippen molar-refractivity contribution in [3.63, 3.8) is 0 Å². The lowest BCUT2D eigenvalue weighted by molar-refractivity contribution is -0.127. The second-order valence-corrected chi connectivity index (χ2v) is 7.32. The van der Waals surface area contributed by atoms with Gasteiger partial charge in [0.25, 0.3) is 0 Å². The predicted octanol–water partition coefficient (Wildman–Crippen LogP) is 1.04. The van der Waals surface area contributed by atoms with Gasteiger partial charge in [-0.1, -0.05) is 0 Å². The van der Waals surface area contributed by atoms with Gasteiger partial charge in [0.05, 0.1) is 12.3 Å². The van der Waals surface area contributed by atoms with E-state index in [9.17, 15) is 4.79 Å². The van der Waals surface area contributed by atoms with E-state index in [1.54, 1.807) is 19.0 Å². The first kappa shape index (κ1) is 21.9. The van der Waals surface area contributed by atoms with Crippen molar-refractivity contribution in [3.8, 4) is 0 Å². The molecule has 0 radical (unpaired) electrons. The first-order valence-electron chi connectivity index (χ1n) is 9.36. The lowest BCUT2D eigenvalue weighted by Crippen LogP contribution is -2.43. The fourth-order valence-electron chi connectivity index (χ4n) is 3.44. The molecule has 1 aromatic heterocycles. The highest BCUT2D eigenvalue weighted by atomic mass is 127. The Morgan fingerprint density at radius 1 is 1.44 bits per heavy atom. The zero-order chi connectivity index (χ0) is 18.5. The highest BCUT2D eigenvalue weighted by Gasteiger charge is 2.28. The molecule has 3 rings (SSSR count). The van der Waals surface area contributed by atoms with Crippen LogP contribution in [-0.4, -0.2) is 84.4 Å². The molecule has 0 aliphatic carbocycles. The van der Waals surface area contributed by atoms with E-state index in [2.05, 4.69) is 26.5 Å². The van der Waals surface area contributed by atoms with Crippen molar-refractivity contribution >= 4 is 35.8 Å². The van der Waals surface area contributed by atoms with E-state index < -0.39 is 0 Å². The van der Waals surface area contributed by atoms with Crippen molar-refractivity contribution in [2.24, 2.45) is 12.0 Å². The summed E-state index contributed by atoms with van der Waals surface area (Å²) >= 11 is 0. The van der Waals surface area contributed by atoms with Gasteiger partial charge in [-0.15, -0.1) is 24.0 Å². The van der Waals surface area contributed by atoms with Gasteiger partial charge in [-0.05, 0) is 24.8 Å². The molecule has 9 heteroatoms. The normalized spacial score (nSPS) is 22.6. The molecular formula is C18H31IN6O2. The molecule has 0 saturated carbocycles. The zero-order valence-corrected chi connectivity index (χ0v) is 18.8. The van der Waals surface area contributed by atoms with Gasteiger partial charge >= 0.3 is 0 Å². The van der Waals surface area contributed by atoms with Crippen LogP contribution in [0.15, 0.2) is 17.4 Å². The second-order valence-electron chi connectivity index (χ2n) is 7.32. The number of likely N-dealkylation sites (N-methyl/N-ethyl adjacent to an activating group) is 1. The average Bonchev–Trinajstić information content (AvgIpc) is 3.35. The van der Waals surface area contributed by atoms with Gasteiger partial charge in [-0.2, -0.15) is 5.10 Å². The Hall–Kier alpha value is -1.36. The van der Waals surface area contributed by atoms with Gasteiger partial charge in [0.1, 0.15) is 6.54 Å². The molecule has 2 aliphatic rings. The number of aromatic nitrogens is 2. The van der Waals surface area contributed by atoms with Gasteiger partial charge < -0.3 is 19.9 Å². The Morgan fingerprint density at radius 2 is 2.26 bits per heavy atom. The number of halogens is 1. The monoisotopic (exact) mass is 490 g/mol. The van der Waals surface area contributed by atoms with Gasteiger partial charge in [0, 0.05) is 59.5 Å². The minimum absolute atomic E-state index is 0. The number of carbonyl (C=O) groups is 1. The maximum Gasteiger partial charge on any atom is 0.243 e. The molecular weight excluding hydrogens is 459 g/mol. The molecule has 1 N–H and O–H groups in total. The van der Waals surface area contributed by atoms with Crippen LogP contribution in [-0.2, 0) is 16.6 Å². The van der Waals surface area contributed by atoms with Crippen LogP contribution < -0.4 is 5.32 Å². The minimum Gasteiger partial charge on any atom is -0.376 e. The zero-order valence-electron chi connectivity index (χ0n) is 16.4. The number of aliphatic imine (C=N–C) groups is 1. The summed E-state index contributed by atoms with van der Waals surface area (Å²) in [5, 5.41) is 7.72. The fraction of sp³-hybridized carbons (Fsp3) is 0.722. The van der Waals surface area contributed by atoms with Crippen LogP contribution in [0.3, 0.4) is 0 Å². The number of rotatable bonds is 5. The van der Waals surface area contributed by atoms with E-state index in [1.165, 1.54) is 5.56 Å². The van der Waals surface area contributed by atoms with E-state index >= 15 is 0 Å². The molecule has 2 fully saturated rings. The number of hydrogen-bond acceptors (Lipinski definition) is 4. The highest BCUT2D eigenvalue weighted by Crippen LogP contribution is 2.26. The minimum atomic E-state index is 0. The summed E-state index contributed by atoms with van der Waals surface area (Å²) in [6, 6.07) is 0. The maximum absolute atomic E-state index is 11.9. The van der Waals surface area contributed by atoms with Crippen LogP contribution in [0.4, 0.5) is 0 Å². The lowest BCUT2D eigenvalue weighted by Gasteiger charge is -2.23. The third kappa shape index (κ3) is 6.06. The number of guanidine groups is 1. The van der Waals surface area contributed by atoms with Crippen LogP contribution in [0.5, 0.6) is 0 Å². The molecule has 3 heterocycles. The quantitative estimate of drug-likeness (QED) is 0.380. The molecule has 1 aromatic rings. The Kier molecular flexibility index (Phi) is 8.33. The topological polar surface area (TPSA) is 75.0 Å². The third-order valence-electron chi connectivity index (χ3n) is 5.06. The summed E-state index contributed by atoms with van der Waals surface area (Å²) in [7, 11) is 5.45. The number of aryl methyl sites for hydroxylation is 1. The Balaban J connectivity index is 0.00000261. The smallest absolute Gasteiger partial charge is 0.243 e. The first-order chi connectivity index (χ1) is 12.5. The highest BCUT2D eigenvalue weighted by molar-refractivity contribution is 14.0. The number of hydrogen-bond donors (Lipinski definition) is 1. The molecule has 2 saturated heterocycles. The van der Waals surface area contributed by atoms with Crippen LogP contribution >= 0.6 is 24.0 Å². The van der Waals surface area contributed by atoms with Crippen LogP contribution in [0, 0.1) is 0 Å². The SMILES string of the molecule is CN(C)C(=O)CN=C(NCC1CCCO1)N1CCC(c2cnn(C)c2)C1.I. The van der Waals surface area contributed by atoms with Crippen LogP contribution in [0.25, 0.3) is 0 Å². The number of amides is 1. The van der Waals surface area contributed by atoms with Gasteiger partial charge in [0.2, 0.25) is 5.91 Å². The molecule has 1 amide bonds. The van der Waals surface area contributed by atoms with Gasteiger partial charge in [-0.25, -0.2) is 4.99 Å². The van der Waals surface area contributed by atoms with E-state index in [-0.39, 0.29) is 42.5 Å². The molecule has 152 valence electrons. The van der Waals surface area contributed by atoms with E-state index in [1.807, 2.05) is 17.9 Å². The van der Waals surface area contributed by atoms with Crippen molar-refractivity contribution in [1.29, 1.82) is 0 Å². The third-order valence-corrected chi connectivity index (χ3v) is 5.06.